The zero-order chi connectivity index (χ0) is 18.2. The highest BCUT2D eigenvalue weighted by Crippen LogP contribution is 2.31. The predicted molar refractivity (Wildman–Crippen MR) is 81.5 cm³/mol. The normalized spacial score (nSPS) is 22.3. The average Bonchev–Trinajstić information content (AvgIpc) is 2.49. The molecule has 8 nitrogen and oxygen atoms in total. The topological polar surface area (TPSA) is 118 Å². The molecule has 0 aliphatic carbocycles. The van der Waals surface area contributed by atoms with Crippen molar-refractivity contribution < 1.29 is 27.6 Å². The van der Waals surface area contributed by atoms with Gasteiger partial charge in [0.2, 0.25) is 10.0 Å². The van der Waals surface area contributed by atoms with Crippen LogP contribution in [0.2, 0.25) is 0 Å². The molecule has 0 spiro atoms. The van der Waals surface area contributed by atoms with Gasteiger partial charge in [0.25, 0.3) is 5.69 Å². The molecule has 24 heavy (non-hydrogen) atoms. The molecule has 0 aromatic heterocycles. The molecule has 132 valence electrons. The van der Waals surface area contributed by atoms with E-state index in [4.69, 9.17) is 5.11 Å². The molecule has 0 amide bonds. The van der Waals surface area contributed by atoms with E-state index in [-0.39, 0.29) is 12.1 Å². The maximum absolute atomic E-state index is 13.9. The maximum Gasteiger partial charge on any atom is 0.307 e. The SMILES string of the molecule is Cc1c(F)cc(S(=O)(=O)N2CC(C(=O)O)CCC2C)cc1[N+](=O)[O-]. The fraction of sp³-hybridized carbons (Fsp3) is 0.500. The Bertz CT molecular complexity index is 795. The quantitative estimate of drug-likeness (QED) is 0.647. The molecule has 10 heteroatoms. The molecule has 0 saturated carbocycles. The van der Waals surface area contributed by atoms with Gasteiger partial charge in [-0.05, 0) is 32.8 Å². The summed E-state index contributed by atoms with van der Waals surface area (Å²) in [5, 5.41) is 20.1. The van der Waals surface area contributed by atoms with Gasteiger partial charge in [-0.25, -0.2) is 12.8 Å². The second-order valence-electron chi connectivity index (χ2n) is 5.84. The van der Waals surface area contributed by atoms with E-state index >= 15 is 0 Å². The van der Waals surface area contributed by atoms with Gasteiger partial charge in [-0.2, -0.15) is 4.31 Å². The molecule has 0 bridgehead atoms. The average molecular weight is 360 g/mol. The fourth-order valence-electron chi connectivity index (χ4n) is 2.73. The zero-order valence-corrected chi connectivity index (χ0v) is 13.9. The number of aliphatic carboxylic acids is 1. The third-order valence-corrected chi connectivity index (χ3v) is 6.23. The number of hydrogen-bond acceptors (Lipinski definition) is 5. The van der Waals surface area contributed by atoms with E-state index in [1.165, 1.54) is 6.92 Å². The van der Waals surface area contributed by atoms with Gasteiger partial charge < -0.3 is 5.11 Å². The van der Waals surface area contributed by atoms with Crippen molar-refractivity contribution in [2.75, 3.05) is 6.54 Å². The lowest BCUT2D eigenvalue weighted by Gasteiger charge is -2.35. The molecule has 1 aromatic rings. The van der Waals surface area contributed by atoms with Crippen molar-refractivity contribution in [3.8, 4) is 0 Å². The Morgan fingerprint density at radius 1 is 1.42 bits per heavy atom. The summed E-state index contributed by atoms with van der Waals surface area (Å²) >= 11 is 0. The van der Waals surface area contributed by atoms with Crippen LogP contribution in [0.3, 0.4) is 0 Å². The first-order valence-electron chi connectivity index (χ1n) is 7.25. The molecule has 1 aromatic carbocycles. The van der Waals surface area contributed by atoms with Crippen molar-refractivity contribution in [3.63, 3.8) is 0 Å². The minimum absolute atomic E-state index is 0.248. The first kappa shape index (κ1) is 18.3. The van der Waals surface area contributed by atoms with Gasteiger partial charge in [-0.15, -0.1) is 0 Å². The molecule has 0 radical (unpaired) electrons. The molecule has 1 N–H and O–H groups in total. The minimum Gasteiger partial charge on any atom is -0.481 e. The van der Waals surface area contributed by atoms with Crippen LogP contribution in [0.15, 0.2) is 17.0 Å². The predicted octanol–water partition coefficient (Wildman–Crippen LogP) is 1.92. The van der Waals surface area contributed by atoms with Crippen molar-refractivity contribution in [1.82, 2.24) is 4.31 Å². The monoisotopic (exact) mass is 360 g/mol. The Balaban J connectivity index is 2.50. The lowest BCUT2D eigenvalue weighted by atomic mass is 9.96. The molecule has 1 saturated heterocycles. The Morgan fingerprint density at radius 2 is 2.04 bits per heavy atom. The number of piperidine rings is 1. The van der Waals surface area contributed by atoms with Crippen LogP contribution in [0.25, 0.3) is 0 Å². The van der Waals surface area contributed by atoms with E-state index in [9.17, 15) is 27.7 Å². The number of nitrogens with zero attached hydrogens (tertiary/aromatic N) is 2. The number of carboxylic acid groups (broad SMARTS) is 1. The number of nitro benzene ring substituents is 1. The van der Waals surface area contributed by atoms with Gasteiger partial charge >= 0.3 is 5.97 Å². The Hall–Kier alpha value is -2.07. The summed E-state index contributed by atoms with van der Waals surface area (Å²) in [4.78, 5) is 20.7. The Labute approximate surface area is 138 Å². The summed E-state index contributed by atoms with van der Waals surface area (Å²) in [6, 6.07) is 1.06. The van der Waals surface area contributed by atoms with Gasteiger partial charge in [0.15, 0.2) is 0 Å². The highest BCUT2D eigenvalue weighted by atomic mass is 32.2. The second kappa shape index (κ2) is 6.44. The fourth-order valence-corrected chi connectivity index (χ4v) is 4.46. The molecular formula is C14H17FN2O6S. The number of benzene rings is 1. The van der Waals surface area contributed by atoms with E-state index in [1.54, 1.807) is 6.92 Å². The molecule has 1 heterocycles. The van der Waals surface area contributed by atoms with Crippen LogP contribution in [0.5, 0.6) is 0 Å². The largest absolute Gasteiger partial charge is 0.481 e. The summed E-state index contributed by atoms with van der Waals surface area (Å²) in [5.74, 6) is -2.97. The number of carbonyl (C=O) groups is 1. The number of rotatable bonds is 4. The highest BCUT2D eigenvalue weighted by molar-refractivity contribution is 7.89. The maximum atomic E-state index is 13.9. The van der Waals surface area contributed by atoms with Crippen molar-refractivity contribution in [2.45, 2.75) is 37.6 Å². The van der Waals surface area contributed by atoms with Crippen LogP contribution >= 0.6 is 0 Å². The first-order chi connectivity index (χ1) is 11.1. The molecule has 1 fully saturated rings. The summed E-state index contributed by atoms with van der Waals surface area (Å²) in [6.07, 6.45) is 0.678. The van der Waals surface area contributed by atoms with E-state index in [2.05, 4.69) is 0 Å². The summed E-state index contributed by atoms with van der Waals surface area (Å²) < 4.78 is 40.4. The second-order valence-corrected chi connectivity index (χ2v) is 7.73. The van der Waals surface area contributed by atoms with Gasteiger partial charge in [-0.3, -0.25) is 14.9 Å². The zero-order valence-electron chi connectivity index (χ0n) is 13.1. The van der Waals surface area contributed by atoms with Gasteiger partial charge in [-0.1, -0.05) is 0 Å². The third-order valence-electron chi connectivity index (χ3n) is 4.27. The van der Waals surface area contributed by atoms with Crippen LogP contribution in [0.4, 0.5) is 10.1 Å². The van der Waals surface area contributed by atoms with Crippen molar-refractivity contribution in [3.05, 3.63) is 33.6 Å². The summed E-state index contributed by atoms with van der Waals surface area (Å²) in [6.45, 7) is 2.56. The molecule has 1 aliphatic heterocycles. The Kier molecular flexibility index (Phi) is 4.90. The van der Waals surface area contributed by atoms with Crippen LogP contribution in [-0.4, -0.2) is 41.3 Å². The lowest BCUT2D eigenvalue weighted by Crippen LogP contribution is -2.47. The smallest absolute Gasteiger partial charge is 0.307 e. The highest BCUT2D eigenvalue weighted by Gasteiger charge is 2.38. The van der Waals surface area contributed by atoms with E-state index in [0.717, 1.165) is 16.4 Å². The third kappa shape index (κ3) is 3.24. The minimum atomic E-state index is -4.25. The first-order valence-corrected chi connectivity index (χ1v) is 8.69. The van der Waals surface area contributed by atoms with Crippen LogP contribution in [0.1, 0.15) is 25.3 Å². The molecule has 2 rings (SSSR count). The number of nitro groups is 1. The van der Waals surface area contributed by atoms with Gasteiger partial charge in [0, 0.05) is 18.7 Å². The van der Waals surface area contributed by atoms with Crippen LogP contribution in [0, 0.1) is 28.8 Å². The van der Waals surface area contributed by atoms with Gasteiger partial charge in [0.1, 0.15) is 5.82 Å². The van der Waals surface area contributed by atoms with Crippen molar-refractivity contribution in [1.29, 1.82) is 0 Å². The number of carboxylic acids is 1. The summed E-state index contributed by atoms with van der Waals surface area (Å²) in [5.41, 5.74) is -0.887. The van der Waals surface area contributed by atoms with Crippen LogP contribution in [-0.2, 0) is 14.8 Å². The van der Waals surface area contributed by atoms with E-state index in [0.29, 0.717) is 12.8 Å². The summed E-state index contributed by atoms with van der Waals surface area (Å²) in [7, 11) is -4.25. The standard InChI is InChI=1S/C14H17FN2O6S/c1-8-3-4-10(14(18)19)7-16(8)24(22,23)11-5-12(15)9(2)13(6-11)17(20)21/h5-6,8,10H,3-4,7H2,1-2H3,(H,18,19). The van der Waals surface area contributed by atoms with Crippen molar-refractivity contribution >= 4 is 21.7 Å². The van der Waals surface area contributed by atoms with E-state index < -0.39 is 49.3 Å². The number of halogens is 1. The molecule has 2 unspecified atom stereocenters. The molecule has 2 atom stereocenters. The number of hydrogen-bond donors (Lipinski definition) is 1. The molecular weight excluding hydrogens is 343 g/mol. The lowest BCUT2D eigenvalue weighted by molar-refractivity contribution is -0.385. The van der Waals surface area contributed by atoms with Crippen LogP contribution < -0.4 is 0 Å². The van der Waals surface area contributed by atoms with Crippen molar-refractivity contribution in [2.24, 2.45) is 5.92 Å². The van der Waals surface area contributed by atoms with E-state index in [1.807, 2.05) is 0 Å². The molecule has 1 aliphatic rings. The van der Waals surface area contributed by atoms with Gasteiger partial charge in [0.05, 0.1) is 21.3 Å². The number of sulfonamides is 1. The Morgan fingerprint density at radius 3 is 2.58 bits per heavy atom.